The van der Waals surface area contributed by atoms with E-state index < -0.39 is 67.2 Å². The molecular weight excluding hydrogens is 797 g/mol. The van der Waals surface area contributed by atoms with Crippen molar-refractivity contribution >= 4 is 41.4 Å². The number of hydrogen-bond donors (Lipinski definition) is 4. The lowest BCUT2D eigenvalue weighted by molar-refractivity contribution is -0.171. The van der Waals surface area contributed by atoms with Crippen molar-refractivity contribution in [3.05, 3.63) is 48.0 Å². The van der Waals surface area contributed by atoms with Crippen LogP contribution in [-0.4, -0.2) is 123 Å². The van der Waals surface area contributed by atoms with Crippen molar-refractivity contribution in [2.24, 2.45) is 11.8 Å². The number of esters is 4. The molecule has 0 radical (unpaired) electrons. The van der Waals surface area contributed by atoms with Gasteiger partial charge in [0.25, 0.3) is 5.88 Å². The van der Waals surface area contributed by atoms with Crippen molar-refractivity contribution in [1.29, 1.82) is 0 Å². The van der Waals surface area contributed by atoms with E-state index in [1.54, 1.807) is 0 Å². The summed E-state index contributed by atoms with van der Waals surface area (Å²) < 4.78 is 35.7. The minimum atomic E-state index is -1.28. The van der Waals surface area contributed by atoms with Crippen LogP contribution < -0.4 is 15.0 Å². The highest BCUT2D eigenvalue weighted by Crippen LogP contribution is 2.38. The van der Waals surface area contributed by atoms with Gasteiger partial charge in [0.2, 0.25) is 5.82 Å². The number of benzene rings is 1. The monoisotopic (exact) mass is 860 g/mol. The van der Waals surface area contributed by atoms with Gasteiger partial charge < -0.3 is 49.2 Å². The zero-order valence-corrected chi connectivity index (χ0v) is 36.2. The van der Waals surface area contributed by atoms with E-state index in [4.69, 9.17) is 23.7 Å². The van der Waals surface area contributed by atoms with Crippen molar-refractivity contribution in [3.8, 4) is 5.88 Å². The zero-order valence-electron chi connectivity index (χ0n) is 35.4. The van der Waals surface area contributed by atoms with Crippen LogP contribution in [0.5, 0.6) is 5.88 Å². The van der Waals surface area contributed by atoms with E-state index in [0.29, 0.717) is 82.9 Å². The largest absolute Gasteiger partial charge is 0.470 e. The molecular formula is C43H64N4O12S. The fraction of sp³-hybridized carbons (Fsp3) is 0.674. The molecule has 1 aromatic heterocycles. The van der Waals surface area contributed by atoms with E-state index in [1.165, 1.54) is 12.5 Å². The molecule has 2 aromatic rings. The van der Waals surface area contributed by atoms with Crippen molar-refractivity contribution < 1.29 is 58.2 Å². The molecule has 17 heteroatoms. The Morgan fingerprint density at radius 1 is 0.950 bits per heavy atom. The molecule has 2 fully saturated rings. The van der Waals surface area contributed by atoms with Gasteiger partial charge in [-0.05, 0) is 96.5 Å². The summed E-state index contributed by atoms with van der Waals surface area (Å²) in [5.74, 6) is -2.56. The SMILES string of the molecule is CC(OC(=O)CCC(=O)OC(=O)CCC/C=C\C[C@H]1[C@H](CC[C@H](O)CCc2ccccc2)[C@@H](O)C[C@H]1O)C(=O)OC(CNC(C)(C)C)COc1nsnc1N1CCOCC1. The first-order chi connectivity index (χ1) is 28.7. The van der Waals surface area contributed by atoms with Crippen LogP contribution in [0.1, 0.15) is 97.5 Å². The maximum Gasteiger partial charge on any atom is 0.347 e. The highest BCUT2D eigenvalue weighted by Gasteiger charge is 2.40. The van der Waals surface area contributed by atoms with Gasteiger partial charge in [-0.1, -0.05) is 42.5 Å². The number of hydrogen-bond acceptors (Lipinski definition) is 17. The normalized spacial score (nSPS) is 21.0. The fourth-order valence-corrected chi connectivity index (χ4v) is 7.63. The number of carbonyl (C=O) groups is 4. The Hall–Kier alpha value is -4.00. The number of ether oxygens (including phenoxy) is 5. The highest BCUT2D eigenvalue weighted by atomic mass is 32.1. The van der Waals surface area contributed by atoms with Crippen LogP contribution in [0.4, 0.5) is 5.82 Å². The maximum atomic E-state index is 13.0. The number of anilines is 1. The zero-order chi connectivity index (χ0) is 43.5. The summed E-state index contributed by atoms with van der Waals surface area (Å²) in [5, 5.41) is 35.0. The molecule has 2 heterocycles. The van der Waals surface area contributed by atoms with Gasteiger partial charge in [-0.2, -0.15) is 4.37 Å². The Morgan fingerprint density at radius 3 is 2.38 bits per heavy atom. The predicted octanol–water partition coefficient (Wildman–Crippen LogP) is 4.08. The fourth-order valence-electron chi connectivity index (χ4n) is 7.11. The molecule has 334 valence electrons. The van der Waals surface area contributed by atoms with Crippen molar-refractivity contribution in [3.63, 3.8) is 0 Å². The number of morpholine rings is 1. The van der Waals surface area contributed by atoms with Crippen molar-refractivity contribution in [1.82, 2.24) is 14.1 Å². The van der Waals surface area contributed by atoms with Gasteiger partial charge in [-0.3, -0.25) is 14.4 Å². The van der Waals surface area contributed by atoms with Gasteiger partial charge in [0.1, 0.15) is 12.7 Å². The van der Waals surface area contributed by atoms with Gasteiger partial charge in [0, 0.05) is 31.6 Å². The van der Waals surface area contributed by atoms with Crippen LogP contribution in [0, 0.1) is 11.8 Å². The third kappa shape index (κ3) is 17.5. The predicted molar refractivity (Wildman–Crippen MR) is 223 cm³/mol. The lowest BCUT2D eigenvalue weighted by atomic mass is 9.85. The van der Waals surface area contributed by atoms with Crippen LogP contribution in [0.15, 0.2) is 42.5 Å². The molecule has 1 saturated heterocycles. The Balaban J connectivity index is 1.10. The van der Waals surface area contributed by atoms with Crippen LogP contribution in [0.25, 0.3) is 0 Å². The molecule has 1 aliphatic carbocycles. The lowest BCUT2D eigenvalue weighted by Gasteiger charge is -2.28. The number of allylic oxidation sites excluding steroid dienone is 2. The first-order valence-electron chi connectivity index (χ1n) is 21.1. The molecule has 1 aromatic carbocycles. The summed E-state index contributed by atoms with van der Waals surface area (Å²) in [7, 11) is 0. The first kappa shape index (κ1) is 48.7. The van der Waals surface area contributed by atoms with Gasteiger partial charge in [-0.25, -0.2) is 4.79 Å². The summed E-state index contributed by atoms with van der Waals surface area (Å²) in [6.07, 6.45) is 3.64. The van der Waals surface area contributed by atoms with Gasteiger partial charge >= 0.3 is 23.9 Å². The van der Waals surface area contributed by atoms with E-state index in [1.807, 2.05) is 68.2 Å². The third-order valence-corrected chi connectivity index (χ3v) is 11.0. The second-order valence-electron chi connectivity index (χ2n) is 16.5. The molecule has 60 heavy (non-hydrogen) atoms. The van der Waals surface area contributed by atoms with Crippen LogP contribution in [0.2, 0.25) is 0 Å². The van der Waals surface area contributed by atoms with Crippen LogP contribution in [-0.2, 0) is 44.5 Å². The summed E-state index contributed by atoms with van der Waals surface area (Å²) in [6.45, 7) is 9.90. The maximum absolute atomic E-state index is 13.0. The van der Waals surface area contributed by atoms with E-state index in [9.17, 15) is 34.5 Å². The van der Waals surface area contributed by atoms with E-state index in [2.05, 4.69) is 14.1 Å². The Morgan fingerprint density at radius 2 is 1.65 bits per heavy atom. The molecule has 4 N–H and O–H groups in total. The molecule has 1 saturated carbocycles. The number of aryl methyl sites for hydroxylation is 1. The van der Waals surface area contributed by atoms with Gasteiger partial charge in [0.05, 0.1) is 56.1 Å². The number of aliphatic hydroxyl groups is 3. The molecule has 4 rings (SSSR count). The Bertz CT molecular complexity index is 1650. The van der Waals surface area contributed by atoms with Crippen LogP contribution in [0.3, 0.4) is 0 Å². The molecule has 16 nitrogen and oxygen atoms in total. The molecule has 0 spiro atoms. The third-order valence-electron chi connectivity index (χ3n) is 10.5. The van der Waals surface area contributed by atoms with Gasteiger partial charge in [-0.15, -0.1) is 4.37 Å². The number of nitrogens with zero attached hydrogens (tertiary/aromatic N) is 3. The molecule has 1 aliphatic heterocycles. The number of nitrogens with one attached hydrogen (secondary N) is 1. The summed E-state index contributed by atoms with van der Waals surface area (Å²) >= 11 is 1.02. The first-order valence-corrected chi connectivity index (χ1v) is 21.8. The number of carbonyl (C=O) groups excluding carboxylic acids is 4. The Labute approximate surface area is 357 Å². The molecule has 0 amide bonds. The second-order valence-corrected chi connectivity index (χ2v) is 17.1. The summed E-state index contributed by atoms with van der Waals surface area (Å²) in [4.78, 5) is 52.0. The smallest absolute Gasteiger partial charge is 0.347 e. The molecule has 0 bridgehead atoms. The van der Waals surface area contributed by atoms with Crippen LogP contribution >= 0.6 is 11.7 Å². The van der Waals surface area contributed by atoms with E-state index >= 15 is 0 Å². The molecule has 2 unspecified atom stereocenters. The van der Waals surface area contributed by atoms with E-state index in [0.717, 1.165) is 18.1 Å². The number of aliphatic hydroxyl groups excluding tert-OH is 3. The quantitative estimate of drug-likeness (QED) is 0.0385. The van der Waals surface area contributed by atoms with Gasteiger partial charge in [0.15, 0.2) is 6.10 Å². The van der Waals surface area contributed by atoms with Crippen molar-refractivity contribution in [2.75, 3.05) is 44.4 Å². The number of rotatable bonds is 24. The average Bonchev–Trinajstić information content (AvgIpc) is 3.80. The average molecular weight is 861 g/mol. The lowest BCUT2D eigenvalue weighted by Crippen LogP contribution is -2.45. The summed E-state index contributed by atoms with van der Waals surface area (Å²) in [5.41, 5.74) is 0.881. The minimum Gasteiger partial charge on any atom is -0.470 e. The molecule has 7 atom stereocenters. The second kappa shape index (κ2) is 25.1. The molecule has 2 aliphatic rings. The highest BCUT2D eigenvalue weighted by molar-refractivity contribution is 6.99. The Kier molecular flexibility index (Phi) is 20.3. The summed E-state index contributed by atoms with van der Waals surface area (Å²) in [6, 6.07) is 9.98. The topological polar surface area (TPSA) is 216 Å². The standard InChI is InChI=1S/C43H64N4O12S/c1-29(42(54)58-32(27-44-43(2,3)4)28-56-41-40(45-60-46-41)47-22-24-55-25-23-47)57-38(52)20-21-39(53)59-37(51)15-11-6-5-10-14-33-34(36(50)26-35(33)49)19-18-31(48)17-16-30-12-8-7-9-13-30/h5,7-10,12-13,29,31-36,44,48-50H,6,11,14-28H2,1-4H3/b10-5-/t29?,31-,32?,33+,34+,35-,36+/m1/s1. The number of unbranched alkanes of at least 4 members (excludes halogenated alkanes) is 1. The van der Waals surface area contributed by atoms with Crippen molar-refractivity contribution in [2.45, 2.75) is 134 Å². The minimum absolute atomic E-state index is 0.0138. The number of aromatic nitrogens is 2. The van der Waals surface area contributed by atoms with E-state index in [-0.39, 0.29) is 36.9 Å².